The summed E-state index contributed by atoms with van der Waals surface area (Å²) in [6.07, 6.45) is 1.65. The van der Waals surface area contributed by atoms with Gasteiger partial charge in [0.1, 0.15) is 5.03 Å². The topological polar surface area (TPSA) is 85.1 Å². The normalized spacial score (nSPS) is 11.5. The number of anilines is 1. The van der Waals surface area contributed by atoms with Gasteiger partial charge in [0, 0.05) is 16.8 Å². The molecule has 106 valence electrons. The molecular weight excluding hydrogens is 362 g/mol. The summed E-state index contributed by atoms with van der Waals surface area (Å²) in [5.41, 5.74) is 6.07. The van der Waals surface area contributed by atoms with E-state index in [1.165, 1.54) is 24.9 Å². The van der Waals surface area contributed by atoms with Crippen LogP contribution in [0.2, 0.25) is 0 Å². The zero-order valence-electron chi connectivity index (χ0n) is 10.5. The third-order valence-corrected chi connectivity index (χ3v) is 6.04. The average molecular weight is 374 g/mol. The molecule has 5 nitrogen and oxygen atoms in total. The average Bonchev–Trinajstić information content (AvgIpc) is 2.43. The minimum absolute atomic E-state index is 0.141. The summed E-state index contributed by atoms with van der Waals surface area (Å²) in [6.45, 7) is 0. The number of halogens is 1. The lowest BCUT2D eigenvalue weighted by atomic mass is 10.3. The third-order valence-electron chi connectivity index (χ3n) is 2.46. The predicted octanol–water partition coefficient (Wildman–Crippen LogP) is 2.49. The molecule has 1 aromatic heterocycles. The monoisotopic (exact) mass is 373 g/mol. The highest BCUT2D eigenvalue weighted by Crippen LogP contribution is 2.36. The Hall–Kier alpha value is -1.09. The summed E-state index contributed by atoms with van der Waals surface area (Å²) in [6, 6.07) is 8.41. The van der Waals surface area contributed by atoms with Crippen LogP contribution < -0.4 is 10.5 Å². The Balaban J connectivity index is 2.50. The summed E-state index contributed by atoms with van der Waals surface area (Å²) in [5.74, 6) is 0. The Morgan fingerprint density at radius 3 is 2.75 bits per heavy atom. The van der Waals surface area contributed by atoms with Gasteiger partial charge in [-0.15, -0.1) is 0 Å². The SMILES string of the molecule is CNS(=O)(=O)c1cc(N)ccc1Sc1ncccc1Br. The van der Waals surface area contributed by atoms with Gasteiger partial charge in [0.05, 0.1) is 9.37 Å². The number of nitrogens with two attached hydrogens (primary N) is 1. The van der Waals surface area contributed by atoms with Crippen LogP contribution in [0.25, 0.3) is 0 Å². The van der Waals surface area contributed by atoms with Crippen molar-refractivity contribution in [2.75, 3.05) is 12.8 Å². The molecule has 0 aliphatic rings. The Kier molecular flexibility index (Phi) is 4.69. The van der Waals surface area contributed by atoms with Crippen molar-refractivity contribution in [3.63, 3.8) is 0 Å². The van der Waals surface area contributed by atoms with Crippen molar-refractivity contribution in [3.8, 4) is 0 Å². The van der Waals surface area contributed by atoms with E-state index in [0.717, 1.165) is 4.47 Å². The molecule has 2 rings (SSSR count). The molecule has 0 saturated carbocycles. The number of nitrogens with zero attached hydrogens (tertiary/aromatic N) is 1. The maximum atomic E-state index is 12.0. The van der Waals surface area contributed by atoms with Crippen LogP contribution in [-0.2, 0) is 10.0 Å². The Labute approximate surface area is 130 Å². The fourth-order valence-corrected chi connectivity index (χ4v) is 4.06. The van der Waals surface area contributed by atoms with E-state index in [-0.39, 0.29) is 4.90 Å². The highest BCUT2D eigenvalue weighted by atomic mass is 79.9. The Morgan fingerprint density at radius 2 is 2.10 bits per heavy atom. The summed E-state index contributed by atoms with van der Waals surface area (Å²) in [5, 5.41) is 0.685. The van der Waals surface area contributed by atoms with Crippen LogP contribution in [0, 0.1) is 0 Å². The van der Waals surface area contributed by atoms with Crippen molar-refractivity contribution >= 4 is 43.4 Å². The summed E-state index contributed by atoms with van der Waals surface area (Å²) in [7, 11) is -2.21. The van der Waals surface area contributed by atoms with Crippen LogP contribution in [0.5, 0.6) is 0 Å². The molecule has 2 aromatic rings. The second-order valence-electron chi connectivity index (χ2n) is 3.81. The lowest BCUT2D eigenvalue weighted by Gasteiger charge is -2.10. The van der Waals surface area contributed by atoms with Crippen LogP contribution >= 0.6 is 27.7 Å². The highest BCUT2D eigenvalue weighted by molar-refractivity contribution is 9.10. The first-order valence-electron chi connectivity index (χ1n) is 5.55. The lowest BCUT2D eigenvalue weighted by molar-refractivity contribution is 0.586. The van der Waals surface area contributed by atoms with Crippen molar-refractivity contribution in [3.05, 3.63) is 41.0 Å². The van der Waals surface area contributed by atoms with Crippen LogP contribution in [0.3, 0.4) is 0 Å². The number of sulfonamides is 1. The summed E-state index contributed by atoms with van der Waals surface area (Å²) in [4.78, 5) is 4.92. The van der Waals surface area contributed by atoms with Gasteiger partial charge in [-0.05, 0) is 53.3 Å². The first-order chi connectivity index (χ1) is 9.44. The number of rotatable bonds is 4. The lowest BCUT2D eigenvalue weighted by Crippen LogP contribution is -2.19. The van der Waals surface area contributed by atoms with E-state index in [9.17, 15) is 8.42 Å². The number of nitrogens with one attached hydrogen (secondary N) is 1. The van der Waals surface area contributed by atoms with Gasteiger partial charge in [-0.3, -0.25) is 0 Å². The minimum atomic E-state index is -3.58. The second kappa shape index (κ2) is 6.13. The van der Waals surface area contributed by atoms with E-state index in [4.69, 9.17) is 5.73 Å². The number of pyridine rings is 1. The van der Waals surface area contributed by atoms with Crippen LogP contribution in [0.15, 0.2) is 55.8 Å². The smallest absolute Gasteiger partial charge is 0.241 e. The number of benzene rings is 1. The van der Waals surface area contributed by atoms with E-state index in [2.05, 4.69) is 25.6 Å². The maximum Gasteiger partial charge on any atom is 0.241 e. The fourth-order valence-electron chi connectivity index (χ4n) is 1.48. The molecule has 3 N–H and O–H groups in total. The number of aromatic nitrogens is 1. The standard InChI is InChI=1S/C12H12BrN3O2S2/c1-15-20(17,18)11-7-8(14)4-5-10(11)19-12-9(13)3-2-6-16-12/h2-7,15H,14H2,1H3. The number of hydrogen-bond acceptors (Lipinski definition) is 5. The van der Waals surface area contributed by atoms with E-state index in [1.807, 2.05) is 6.07 Å². The highest BCUT2D eigenvalue weighted by Gasteiger charge is 2.18. The molecule has 0 aliphatic carbocycles. The van der Waals surface area contributed by atoms with Gasteiger partial charge < -0.3 is 5.73 Å². The Morgan fingerprint density at radius 1 is 1.35 bits per heavy atom. The number of nitrogen functional groups attached to an aromatic ring is 1. The fraction of sp³-hybridized carbons (Fsp3) is 0.0833. The number of hydrogen-bond donors (Lipinski definition) is 2. The van der Waals surface area contributed by atoms with E-state index >= 15 is 0 Å². The van der Waals surface area contributed by atoms with E-state index in [1.54, 1.807) is 24.4 Å². The van der Waals surface area contributed by atoms with Crippen LogP contribution in [0.4, 0.5) is 5.69 Å². The van der Waals surface area contributed by atoms with Crippen molar-refractivity contribution in [1.29, 1.82) is 0 Å². The van der Waals surface area contributed by atoms with Crippen molar-refractivity contribution < 1.29 is 8.42 Å². The minimum Gasteiger partial charge on any atom is -0.399 e. The van der Waals surface area contributed by atoms with Crippen LogP contribution in [-0.4, -0.2) is 20.4 Å². The van der Waals surface area contributed by atoms with Gasteiger partial charge in [-0.25, -0.2) is 18.1 Å². The second-order valence-corrected chi connectivity index (χ2v) is 7.55. The Bertz CT molecular complexity index is 735. The molecule has 0 amide bonds. The van der Waals surface area contributed by atoms with Gasteiger partial charge in [-0.1, -0.05) is 11.8 Å². The molecule has 0 bridgehead atoms. The van der Waals surface area contributed by atoms with Gasteiger partial charge in [0.25, 0.3) is 0 Å². The van der Waals surface area contributed by atoms with Crippen molar-refractivity contribution in [2.24, 2.45) is 0 Å². The van der Waals surface area contributed by atoms with Crippen molar-refractivity contribution in [2.45, 2.75) is 14.8 Å². The molecule has 1 aromatic carbocycles. The molecule has 0 saturated heterocycles. The maximum absolute atomic E-state index is 12.0. The molecule has 0 atom stereocenters. The van der Waals surface area contributed by atoms with E-state index < -0.39 is 10.0 Å². The molecule has 0 radical (unpaired) electrons. The largest absolute Gasteiger partial charge is 0.399 e. The van der Waals surface area contributed by atoms with Gasteiger partial charge in [0.15, 0.2) is 0 Å². The molecule has 0 spiro atoms. The van der Waals surface area contributed by atoms with Crippen LogP contribution in [0.1, 0.15) is 0 Å². The van der Waals surface area contributed by atoms with Gasteiger partial charge in [0.2, 0.25) is 10.0 Å². The van der Waals surface area contributed by atoms with Gasteiger partial charge >= 0.3 is 0 Å². The first kappa shape index (κ1) is 15.3. The summed E-state index contributed by atoms with van der Waals surface area (Å²) < 4.78 is 27.2. The summed E-state index contributed by atoms with van der Waals surface area (Å²) >= 11 is 4.65. The molecule has 0 aliphatic heterocycles. The van der Waals surface area contributed by atoms with Crippen molar-refractivity contribution in [1.82, 2.24) is 9.71 Å². The quantitative estimate of drug-likeness (QED) is 0.804. The molecule has 8 heteroatoms. The molecule has 0 unspecified atom stereocenters. The molecule has 20 heavy (non-hydrogen) atoms. The predicted molar refractivity (Wildman–Crippen MR) is 83.2 cm³/mol. The van der Waals surface area contributed by atoms with Gasteiger partial charge in [-0.2, -0.15) is 0 Å². The zero-order valence-corrected chi connectivity index (χ0v) is 13.7. The van der Waals surface area contributed by atoms with E-state index in [0.29, 0.717) is 15.6 Å². The molecular formula is C12H12BrN3O2S2. The first-order valence-corrected chi connectivity index (χ1v) is 8.65. The molecule has 0 fully saturated rings. The molecule has 1 heterocycles. The zero-order chi connectivity index (χ0) is 14.8. The third kappa shape index (κ3) is 3.32.